The summed E-state index contributed by atoms with van der Waals surface area (Å²) in [6, 6.07) is 0. The van der Waals surface area contributed by atoms with Crippen molar-refractivity contribution in [1.29, 1.82) is 0 Å². The molecule has 1 heterocycles. The van der Waals surface area contributed by atoms with Crippen LogP contribution in [0.25, 0.3) is 0 Å². The highest BCUT2D eigenvalue weighted by Crippen LogP contribution is 2.28. The molecule has 0 radical (unpaired) electrons. The Morgan fingerprint density at radius 3 is 2.52 bits per heavy atom. The Hall–Kier alpha value is -0.170. The van der Waals surface area contributed by atoms with Crippen molar-refractivity contribution in [2.75, 3.05) is 32.7 Å². The molecular weight excluding hydrogens is 286 g/mol. The molecule has 1 saturated heterocycles. The molecule has 124 valence electrons. The first kappa shape index (κ1) is 17.2. The van der Waals surface area contributed by atoms with Gasteiger partial charge in [0, 0.05) is 19.6 Å². The molecule has 1 saturated carbocycles. The number of nitrogens with zero attached hydrogens (tertiary/aromatic N) is 1. The van der Waals surface area contributed by atoms with E-state index in [0.717, 1.165) is 44.7 Å². The first-order valence-electron chi connectivity index (χ1n) is 8.57. The quantitative estimate of drug-likeness (QED) is 0.637. The van der Waals surface area contributed by atoms with E-state index in [4.69, 9.17) is 0 Å². The maximum Gasteiger partial charge on any atom is 0.279 e. The fraction of sp³-hybridized carbons (Fsp3) is 1.00. The lowest BCUT2D eigenvalue weighted by Gasteiger charge is -2.32. The standard InChI is InChI=1S/C15H31N3O2S/c1-2-9-16-12-15-7-4-11-18(13-15)21(19,20)17-10-8-14-5-3-6-14/h14-17H,2-13H2,1H3. The second-order valence-electron chi connectivity index (χ2n) is 6.56. The number of hydrogen-bond donors (Lipinski definition) is 2. The largest absolute Gasteiger partial charge is 0.316 e. The van der Waals surface area contributed by atoms with Crippen LogP contribution in [-0.4, -0.2) is 45.4 Å². The van der Waals surface area contributed by atoms with Crippen LogP contribution in [0.2, 0.25) is 0 Å². The van der Waals surface area contributed by atoms with Gasteiger partial charge in [-0.2, -0.15) is 12.7 Å². The van der Waals surface area contributed by atoms with E-state index in [2.05, 4.69) is 17.0 Å². The molecule has 0 amide bonds. The maximum absolute atomic E-state index is 12.3. The predicted molar refractivity (Wildman–Crippen MR) is 86.3 cm³/mol. The fourth-order valence-electron chi connectivity index (χ4n) is 3.16. The average molecular weight is 317 g/mol. The normalized spacial score (nSPS) is 24.9. The van der Waals surface area contributed by atoms with E-state index in [9.17, 15) is 8.42 Å². The van der Waals surface area contributed by atoms with Gasteiger partial charge >= 0.3 is 0 Å². The van der Waals surface area contributed by atoms with Gasteiger partial charge in [0.2, 0.25) is 0 Å². The molecule has 2 aliphatic rings. The van der Waals surface area contributed by atoms with Crippen molar-refractivity contribution >= 4 is 10.2 Å². The molecule has 1 aliphatic carbocycles. The summed E-state index contributed by atoms with van der Waals surface area (Å²) in [4.78, 5) is 0. The minimum atomic E-state index is -3.27. The van der Waals surface area contributed by atoms with E-state index in [1.165, 1.54) is 19.3 Å². The molecule has 0 spiro atoms. The zero-order valence-corrected chi connectivity index (χ0v) is 14.1. The van der Waals surface area contributed by atoms with Gasteiger partial charge in [-0.05, 0) is 50.6 Å². The van der Waals surface area contributed by atoms with E-state index in [1.807, 2.05) is 0 Å². The maximum atomic E-state index is 12.3. The Morgan fingerprint density at radius 1 is 1.10 bits per heavy atom. The average Bonchev–Trinajstić information content (AvgIpc) is 2.42. The number of nitrogens with one attached hydrogen (secondary N) is 2. The van der Waals surface area contributed by atoms with Crippen molar-refractivity contribution in [2.45, 2.75) is 51.9 Å². The Morgan fingerprint density at radius 2 is 1.86 bits per heavy atom. The van der Waals surface area contributed by atoms with Gasteiger partial charge in [-0.1, -0.05) is 26.2 Å². The van der Waals surface area contributed by atoms with E-state index < -0.39 is 10.2 Å². The van der Waals surface area contributed by atoms with Gasteiger partial charge in [0.25, 0.3) is 10.2 Å². The highest BCUT2D eigenvalue weighted by molar-refractivity contribution is 7.87. The summed E-state index contributed by atoms with van der Waals surface area (Å²) in [5.74, 6) is 1.20. The Labute approximate surface area is 130 Å². The smallest absolute Gasteiger partial charge is 0.279 e. The minimum Gasteiger partial charge on any atom is -0.316 e. The van der Waals surface area contributed by atoms with Crippen LogP contribution in [0, 0.1) is 11.8 Å². The molecule has 2 rings (SSSR count). The number of hydrogen-bond acceptors (Lipinski definition) is 3. The van der Waals surface area contributed by atoms with Crippen LogP contribution in [0.4, 0.5) is 0 Å². The Kier molecular flexibility index (Phi) is 6.92. The van der Waals surface area contributed by atoms with Crippen molar-refractivity contribution in [3.8, 4) is 0 Å². The van der Waals surface area contributed by atoms with Gasteiger partial charge < -0.3 is 5.32 Å². The van der Waals surface area contributed by atoms with Gasteiger partial charge in [-0.25, -0.2) is 4.72 Å². The van der Waals surface area contributed by atoms with E-state index in [-0.39, 0.29) is 0 Å². The third-order valence-electron chi connectivity index (χ3n) is 4.74. The summed E-state index contributed by atoms with van der Waals surface area (Å²) < 4.78 is 29.1. The SMILES string of the molecule is CCCNCC1CCCN(S(=O)(=O)NCCC2CCC2)C1. The highest BCUT2D eigenvalue weighted by atomic mass is 32.2. The lowest BCUT2D eigenvalue weighted by atomic mass is 9.83. The van der Waals surface area contributed by atoms with Crippen molar-refractivity contribution in [1.82, 2.24) is 14.3 Å². The van der Waals surface area contributed by atoms with Crippen LogP contribution < -0.4 is 10.0 Å². The van der Waals surface area contributed by atoms with E-state index in [0.29, 0.717) is 25.6 Å². The van der Waals surface area contributed by atoms with Crippen LogP contribution in [0.3, 0.4) is 0 Å². The molecular formula is C15H31N3O2S. The van der Waals surface area contributed by atoms with E-state index >= 15 is 0 Å². The highest BCUT2D eigenvalue weighted by Gasteiger charge is 2.28. The van der Waals surface area contributed by atoms with Crippen LogP contribution in [0.1, 0.15) is 51.9 Å². The van der Waals surface area contributed by atoms with Gasteiger partial charge in [0.1, 0.15) is 0 Å². The topological polar surface area (TPSA) is 61.4 Å². The van der Waals surface area contributed by atoms with Crippen molar-refractivity contribution in [3.63, 3.8) is 0 Å². The summed E-state index contributed by atoms with van der Waals surface area (Å²) in [6.45, 7) is 6.03. The first-order chi connectivity index (χ1) is 10.1. The zero-order valence-electron chi connectivity index (χ0n) is 13.3. The molecule has 1 unspecified atom stereocenters. The second-order valence-corrected chi connectivity index (χ2v) is 8.31. The molecule has 1 aliphatic heterocycles. The molecule has 1 atom stereocenters. The zero-order chi connectivity index (χ0) is 15.1. The van der Waals surface area contributed by atoms with Gasteiger partial charge in [0.15, 0.2) is 0 Å². The van der Waals surface area contributed by atoms with Gasteiger partial charge in [-0.15, -0.1) is 0 Å². The summed E-state index contributed by atoms with van der Waals surface area (Å²) in [5, 5.41) is 3.41. The molecule has 5 nitrogen and oxygen atoms in total. The number of piperidine rings is 1. The molecule has 2 N–H and O–H groups in total. The molecule has 2 fully saturated rings. The van der Waals surface area contributed by atoms with Crippen molar-refractivity contribution in [2.24, 2.45) is 11.8 Å². The monoisotopic (exact) mass is 317 g/mol. The predicted octanol–water partition coefficient (Wildman–Crippen LogP) is 1.72. The molecule has 0 aromatic rings. The summed E-state index contributed by atoms with van der Waals surface area (Å²) >= 11 is 0. The summed E-state index contributed by atoms with van der Waals surface area (Å²) in [7, 11) is -3.27. The first-order valence-corrected chi connectivity index (χ1v) is 10.0. The Balaban J connectivity index is 1.72. The van der Waals surface area contributed by atoms with Crippen LogP contribution in [-0.2, 0) is 10.2 Å². The Bertz CT molecular complexity index is 396. The van der Waals surface area contributed by atoms with Gasteiger partial charge in [0.05, 0.1) is 0 Å². The van der Waals surface area contributed by atoms with Crippen LogP contribution in [0.15, 0.2) is 0 Å². The lowest BCUT2D eigenvalue weighted by Crippen LogP contribution is -2.48. The third-order valence-corrected chi connectivity index (χ3v) is 6.32. The lowest BCUT2D eigenvalue weighted by molar-refractivity contribution is 0.256. The fourth-order valence-corrected chi connectivity index (χ4v) is 4.49. The van der Waals surface area contributed by atoms with Crippen LogP contribution >= 0.6 is 0 Å². The van der Waals surface area contributed by atoms with Crippen molar-refractivity contribution in [3.05, 3.63) is 0 Å². The summed E-state index contributed by atoms with van der Waals surface area (Å²) in [6.07, 6.45) is 8.09. The molecule has 6 heteroatoms. The van der Waals surface area contributed by atoms with Crippen molar-refractivity contribution < 1.29 is 8.42 Å². The van der Waals surface area contributed by atoms with Gasteiger partial charge in [-0.3, -0.25) is 0 Å². The molecule has 21 heavy (non-hydrogen) atoms. The molecule has 0 aromatic carbocycles. The van der Waals surface area contributed by atoms with Crippen LogP contribution in [0.5, 0.6) is 0 Å². The second kappa shape index (κ2) is 8.46. The summed E-state index contributed by atoms with van der Waals surface area (Å²) in [5.41, 5.74) is 0. The minimum absolute atomic E-state index is 0.452. The number of rotatable bonds is 9. The molecule has 0 bridgehead atoms. The third kappa shape index (κ3) is 5.51. The molecule has 0 aromatic heterocycles. The van der Waals surface area contributed by atoms with E-state index in [1.54, 1.807) is 4.31 Å².